The fraction of sp³-hybridized carbons (Fsp3) is 0.917. The minimum Gasteiger partial charge on any atom is -0.378 e. The fourth-order valence-corrected chi connectivity index (χ4v) is 6.20. The van der Waals surface area contributed by atoms with Crippen molar-refractivity contribution in [3.8, 4) is 0 Å². The molecule has 0 aromatic rings. The lowest BCUT2D eigenvalue weighted by Crippen LogP contribution is -2.35. The van der Waals surface area contributed by atoms with E-state index in [1.807, 2.05) is 0 Å². The van der Waals surface area contributed by atoms with Gasteiger partial charge in [-0.05, 0) is 106 Å². The van der Waals surface area contributed by atoms with Crippen LogP contribution >= 0.6 is 0 Å². The van der Waals surface area contributed by atoms with Gasteiger partial charge in [0, 0.05) is 6.61 Å². The summed E-state index contributed by atoms with van der Waals surface area (Å²) in [5.74, 6) is 4.12. The largest absolute Gasteiger partial charge is 0.378 e. The van der Waals surface area contributed by atoms with Crippen molar-refractivity contribution in [3.05, 3.63) is 12.2 Å². The lowest BCUT2D eigenvalue weighted by atomic mass is 9.67. The maximum absolute atomic E-state index is 12.2. The summed E-state index contributed by atoms with van der Waals surface area (Å²) in [6, 6.07) is 0. The van der Waals surface area contributed by atoms with Crippen LogP contribution in [-0.2, 0) is 4.74 Å². The highest BCUT2D eigenvalue weighted by Gasteiger charge is 2.35. The molecule has 2 saturated carbocycles. The van der Waals surface area contributed by atoms with Crippen LogP contribution in [0.15, 0.2) is 12.2 Å². The normalized spacial score (nSPS) is 37.7. The summed E-state index contributed by atoms with van der Waals surface area (Å²) in [6.07, 6.45) is 17.7. The Labute approximate surface area is 165 Å². The van der Waals surface area contributed by atoms with Crippen LogP contribution in [0.2, 0.25) is 0 Å². The molecular weight excluding hydrogens is 342 g/mol. The average molecular weight is 383 g/mol. The van der Waals surface area contributed by atoms with Crippen LogP contribution in [0, 0.1) is 29.6 Å². The van der Waals surface area contributed by atoms with Gasteiger partial charge in [0.25, 0.3) is 6.08 Å². The zero-order valence-electron chi connectivity index (χ0n) is 17.3. The lowest BCUT2D eigenvalue weighted by Gasteiger charge is -2.41. The molecule has 3 heteroatoms. The zero-order valence-corrected chi connectivity index (χ0v) is 17.3. The van der Waals surface area contributed by atoms with Gasteiger partial charge >= 0.3 is 0 Å². The maximum atomic E-state index is 12.2. The summed E-state index contributed by atoms with van der Waals surface area (Å²) >= 11 is 0. The van der Waals surface area contributed by atoms with Gasteiger partial charge in [0.15, 0.2) is 0 Å². The molecule has 1 nitrogen and oxygen atoms in total. The van der Waals surface area contributed by atoms with Crippen LogP contribution in [0.25, 0.3) is 0 Å². The Balaban J connectivity index is 1.32. The van der Waals surface area contributed by atoms with Crippen LogP contribution in [0.5, 0.6) is 0 Å². The minimum atomic E-state index is -1.51. The van der Waals surface area contributed by atoms with Crippen LogP contribution in [0.3, 0.4) is 0 Å². The Hall–Kier alpha value is -0.440. The molecule has 3 aliphatic rings. The number of allylic oxidation sites excluding steroid dienone is 1. The van der Waals surface area contributed by atoms with Gasteiger partial charge in [-0.25, -0.2) is 0 Å². The summed E-state index contributed by atoms with van der Waals surface area (Å²) < 4.78 is 30.6. The third-order valence-electron chi connectivity index (χ3n) is 7.88. The van der Waals surface area contributed by atoms with E-state index < -0.39 is 6.08 Å². The standard InChI is InChI=1S/C24H40F2O/c1-2-4-19-9-16-23(27-17-19)22-14-12-21(13-15-22)20-10-7-18(8-11-20)5-3-6-24(25)26/h6,18-23H,2-5,7-17H2,1H3. The molecule has 2 atom stereocenters. The lowest BCUT2D eigenvalue weighted by molar-refractivity contribution is -0.0618. The predicted octanol–water partition coefficient (Wildman–Crippen LogP) is 7.76. The van der Waals surface area contributed by atoms with Gasteiger partial charge in [-0.3, -0.25) is 0 Å². The first-order chi connectivity index (χ1) is 13.2. The molecule has 0 bridgehead atoms. The molecule has 0 spiro atoms. The molecule has 0 aromatic heterocycles. The topological polar surface area (TPSA) is 9.23 Å². The first-order valence-electron chi connectivity index (χ1n) is 11.8. The Morgan fingerprint density at radius 2 is 1.37 bits per heavy atom. The molecule has 156 valence electrons. The van der Waals surface area contributed by atoms with Gasteiger partial charge in [-0.2, -0.15) is 8.78 Å². The van der Waals surface area contributed by atoms with Gasteiger partial charge in [0.2, 0.25) is 0 Å². The first-order valence-corrected chi connectivity index (χ1v) is 11.8. The SMILES string of the molecule is CCCC1CCC(C2CCC(C3CCC(CCC=C(F)F)CC3)CC2)OC1. The van der Waals surface area contributed by atoms with Gasteiger partial charge < -0.3 is 4.74 Å². The Morgan fingerprint density at radius 1 is 0.778 bits per heavy atom. The molecule has 0 aromatic carbocycles. The predicted molar refractivity (Wildman–Crippen MR) is 108 cm³/mol. The molecule has 27 heavy (non-hydrogen) atoms. The Morgan fingerprint density at radius 3 is 1.93 bits per heavy atom. The van der Waals surface area contributed by atoms with Crippen LogP contribution in [0.1, 0.15) is 96.8 Å². The summed E-state index contributed by atoms with van der Waals surface area (Å²) in [7, 11) is 0. The Bertz CT molecular complexity index is 435. The number of hydrogen-bond donors (Lipinski definition) is 0. The monoisotopic (exact) mass is 382 g/mol. The van der Waals surface area contributed by atoms with E-state index in [2.05, 4.69) is 6.92 Å². The van der Waals surface area contributed by atoms with E-state index in [1.54, 1.807) is 0 Å². The van der Waals surface area contributed by atoms with Crippen LogP contribution < -0.4 is 0 Å². The summed E-state index contributed by atoms with van der Waals surface area (Å²) in [6.45, 7) is 3.28. The van der Waals surface area contributed by atoms with Gasteiger partial charge in [-0.1, -0.05) is 26.2 Å². The van der Waals surface area contributed by atoms with Gasteiger partial charge in [-0.15, -0.1) is 0 Å². The van der Waals surface area contributed by atoms with E-state index >= 15 is 0 Å². The van der Waals surface area contributed by atoms with Crippen molar-refractivity contribution >= 4 is 0 Å². The number of halogens is 2. The molecule has 0 N–H and O–H groups in total. The number of rotatable bonds is 7. The molecule has 1 aliphatic heterocycles. The second-order valence-corrected chi connectivity index (χ2v) is 9.63. The fourth-order valence-electron chi connectivity index (χ4n) is 6.20. The first kappa shape index (κ1) is 21.3. The van der Waals surface area contributed by atoms with Crippen molar-refractivity contribution in [3.63, 3.8) is 0 Å². The summed E-state index contributed by atoms with van der Waals surface area (Å²) in [5.41, 5.74) is 0. The van der Waals surface area contributed by atoms with Crippen molar-refractivity contribution in [1.29, 1.82) is 0 Å². The molecule has 2 aliphatic carbocycles. The maximum Gasteiger partial charge on any atom is 0.266 e. The van der Waals surface area contributed by atoms with Crippen LogP contribution in [-0.4, -0.2) is 12.7 Å². The summed E-state index contributed by atoms with van der Waals surface area (Å²) in [5, 5.41) is 0. The van der Waals surface area contributed by atoms with Crippen LogP contribution in [0.4, 0.5) is 8.78 Å². The summed E-state index contributed by atoms with van der Waals surface area (Å²) in [4.78, 5) is 0. The van der Waals surface area contributed by atoms with Gasteiger partial charge in [0.05, 0.1) is 6.10 Å². The molecule has 0 radical (unpaired) electrons. The van der Waals surface area contributed by atoms with E-state index in [0.717, 1.165) is 42.8 Å². The van der Waals surface area contributed by atoms with Crippen molar-refractivity contribution in [2.75, 3.05) is 6.61 Å². The quantitative estimate of drug-likeness (QED) is 0.437. The van der Waals surface area contributed by atoms with Crippen molar-refractivity contribution in [2.45, 2.75) is 103 Å². The highest BCUT2D eigenvalue weighted by Crippen LogP contribution is 2.44. The zero-order chi connectivity index (χ0) is 19.1. The average Bonchev–Trinajstić information content (AvgIpc) is 2.69. The highest BCUT2D eigenvalue weighted by atomic mass is 19.3. The third-order valence-corrected chi connectivity index (χ3v) is 7.88. The Kier molecular flexibility index (Phi) is 8.61. The highest BCUT2D eigenvalue weighted by molar-refractivity contribution is 4.87. The third kappa shape index (κ3) is 6.54. The van der Waals surface area contributed by atoms with E-state index in [9.17, 15) is 8.78 Å². The molecule has 2 unspecified atom stereocenters. The molecular formula is C24H40F2O. The smallest absolute Gasteiger partial charge is 0.266 e. The second kappa shape index (κ2) is 10.9. The van der Waals surface area contributed by atoms with Crippen molar-refractivity contribution in [2.24, 2.45) is 29.6 Å². The molecule has 1 saturated heterocycles. The number of ether oxygens (including phenoxy) is 1. The molecule has 3 rings (SSSR count). The minimum absolute atomic E-state index is 0.541. The van der Waals surface area contributed by atoms with E-state index in [0.29, 0.717) is 18.4 Å². The molecule has 1 heterocycles. The van der Waals surface area contributed by atoms with E-state index in [1.165, 1.54) is 77.0 Å². The molecule has 0 amide bonds. The second-order valence-electron chi connectivity index (χ2n) is 9.63. The van der Waals surface area contributed by atoms with E-state index in [4.69, 9.17) is 4.74 Å². The van der Waals surface area contributed by atoms with Crippen molar-refractivity contribution < 1.29 is 13.5 Å². The van der Waals surface area contributed by atoms with E-state index in [-0.39, 0.29) is 0 Å². The number of hydrogen-bond acceptors (Lipinski definition) is 1. The molecule has 3 fully saturated rings. The van der Waals surface area contributed by atoms with Crippen molar-refractivity contribution in [1.82, 2.24) is 0 Å². The van der Waals surface area contributed by atoms with Gasteiger partial charge in [0.1, 0.15) is 0 Å².